The highest BCUT2D eigenvalue weighted by atomic mass is 16.1. The number of allylic oxidation sites excluding steroid dienone is 3. The molecule has 0 fully saturated rings. The molecular formula is C9H11NO. The number of carbonyl (C=O) groups excluding carboxylic acids is 1. The van der Waals surface area contributed by atoms with Crippen LogP contribution in [0.5, 0.6) is 0 Å². The molecule has 0 aromatic rings. The molecule has 0 amide bonds. The number of aliphatic imine (C=N–C) groups is 1. The second-order valence-corrected chi connectivity index (χ2v) is 1.75. The van der Waals surface area contributed by atoms with Gasteiger partial charge in [-0.15, -0.1) is 0 Å². The predicted molar refractivity (Wildman–Crippen MR) is 47.7 cm³/mol. The van der Waals surface area contributed by atoms with Gasteiger partial charge in [0.05, 0.1) is 5.70 Å². The van der Waals surface area contributed by atoms with Crippen LogP contribution in [0, 0.1) is 0 Å². The van der Waals surface area contributed by atoms with Crippen molar-refractivity contribution in [3.63, 3.8) is 0 Å². The lowest BCUT2D eigenvalue weighted by molar-refractivity contribution is -0.104. The van der Waals surface area contributed by atoms with E-state index in [1.54, 1.807) is 13.1 Å². The van der Waals surface area contributed by atoms with Gasteiger partial charge in [0.15, 0.2) is 6.29 Å². The molecule has 0 radical (unpaired) electrons. The Morgan fingerprint density at radius 2 is 2.00 bits per heavy atom. The number of rotatable bonds is 4. The smallest absolute Gasteiger partial charge is 0.152 e. The molecule has 0 aromatic carbocycles. The molecule has 0 rings (SSSR count). The van der Waals surface area contributed by atoms with E-state index in [0.717, 1.165) is 0 Å². The molecular weight excluding hydrogens is 138 g/mol. The quantitative estimate of drug-likeness (QED) is 0.260. The van der Waals surface area contributed by atoms with Crippen LogP contribution < -0.4 is 0 Å². The molecule has 0 aliphatic carbocycles. The summed E-state index contributed by atoms with van der Waals surface area (Å²) >= 11 is 0. The Hall–Kier alpha value is -1.44. The maximum absolute atomic E-state index is 10.4. The van der Waals surface area contributed by atoms with Crippen LogP contribution in [0.2, 0.25) is 0 Å². The molecule has 0 bridgehead atoms. The fourth-order valence-electron chi connectivity index (χ4n) is 0.597. The molecule has 0 aliphatic heterocycles. The lowest BCUT2D eigenvalue weighted by Crippen LogP contribution is -1.84. The van der Waals surface area contributed by atoms with Crippen molar-refractivity contribution in [3.05, 3.63) is 36.6 Å². The van der Waals surface area contributed by atoms with Crippen molar-refractivity contribution in [3.8, 4) is 0 Å². The summed E-state index contributed by atoms with van der Waals surface area (Å²) in [6.07, 6.45) is 5.28. The van der Waals surface area contributed by atoms with Crippen LogP contribution in [-0.4, -0.2) is 12.5 Å². The van der Waals surface area contributed by atoms with E-state index in [9.17, 15) is 4.79 Å². The van der Waals surface area contributed by atoms with Gasteiger partial charge in [-0.2, -0.15) is 0 Å². The molecule has 2 nitrogen and oxygen atoms in total. The van der Waals surface area contributed by atoms with E-state index in [-0.39, 0.29) is 0 Å². The Kier molecular flexibility index (Phi) is 4.65. The normalized spacial score (nSPS) is 12.5. The highest BCUT2D eigenvalue weighted by Crippen LogP contribution is 2.04. The van der Waals surface area contributed by atoms with Crippen molar-refractivity contribution in [2.24, 2.45) is 4.99 Å². The maximum atomic E-state index is 10.4. The zero-order valence-electron chi connectivity index (χ0n) is 6.58. The highest BCUT2D eigenvalue weighted by Gasteiger charge is 1.94. The summed E-state index contributed by atoms with van der Waals surface area (Å²) < 4.78 is 0. The summed E-state index contributed by atoms with van der Waals surface area (Å²) in [6.45, 7) is 8.76. The summed E-state index contributed by atoms with van der Waals surface area (Å²) in [5.41, 5.74) is 1.01. The Labute approximate surface area is 66.6 Å². The van der Waals surface area contributed by atoms with Crippen molar-refractivity contribution in [2.75, 3.05) is 0 Å². The lowest BCUT2D eigenvalue weighted by Gasteiger charge is -1.93. The number of aldehydes is 1. The Balaban J connectivity index is 4.90. The van der Waals surface area contributed by atoms with Crippen molar-refractivity contribution in [1.82, 2.24) is 0 Å². The minimum atomic E-state index is 0.457. The first-order valence-corrected chi connectivity index (χ1v) is 3.23. The van der Waals surface area contributed by atoms with Gasteiger partial charge >= 0.3 is 0 Å². The first-order chi connectivity index (χ1) is 5.29. The molecule has 0 heterocycles. The number of nitrogens with zero attached hydrogens (tertiary/aromatic N) is 1. The fourth-order valence-corrected chi connectivity index (χ4v) is 0.597. The van der Waals surface area contributed by atoms with E-state index in [4.69, 9.17) is 0 Å². The number of carbonyl (C=O) groups is 1. The third-order valence-corrected chi connectivity index (χ3v) is 1.10. The molecule has 58 valence electrons. The first-order valence-electron chi connectivity index (χ1n) is 3.23. The Morgan fingerprint density at radius 1 is 1.36 bits per heavy atom. The van der Waals surface area contributed by atoms with Gasteiger partial charge in [0.1, 0.15) is 0 Å². The molecule has 0 saturated carbocycles. The van der Waals surface area contributed by atoms with E-state index in [1.807, 2.05) is 0 Å². The molecule has 0 atom stereocenters. The van der Waals surface area contributed by atoms with E-state index in [0.29, 0.717) is 17.6 Å². The summed E-state index contributed by atoms with van der Waals surface area (Å²) in [7, 11) is 0. The largest absolute Gasteiger partial charge is 0.298 e. The van der Waals surface area contributed by atoms with Gasteiger partial charge in [0, 0.05) is 11.8 Å². The summed E-state index contributed by atoms with van der Waals surface area (Å²) in [6, 6.07) is 0. The molecule has 0 unspecified atom stereocenters. The average Bonchev–Trinajstić information content (AvgIpc) is 2.05. The molecule has 0 N–H and O–H groups in total. The van der Waals surface area contributed by atoms with Gasteiger partial charge in [-0.1, -0.05) is 19.2 Å². The minimum Gasteiger partial charge on any atom is -0.298 e. The maximum Gasteiger partial charge on any atom is 0.152 e. The van der Waals surface area contributed by atoms with Crippen LogP contribution in [0.1, 0.15) is 6.92 Å². The van der Waals surface area contributed by atoms with E-state index < -0.39 is 0 Å². The van der Waals surface area contributed by atoms with Crippen LogP contribution in [0.15, 0.2) is 41.6 Å². The molecule has 0 aliphatic rings. The molecule has 2 heteroatoms. The van der Waals surface area contributed by atoms with Crippen LogP contribution >= 0.6 is 0 Å². The number of hydrogen-bond acceptors (Lipinski definition) is 2. The summed E-state index contributed by atoms with van der Waals surface area (Å²) in [5.74, 6) is 0. The molecule has 0 saturated heterocycles. The number of hydrogen-bond donors (Lipinski definition) is 0. The topological polar surface area (TPSA) is 29.4 Å². The third-order valence-electron chi connectivity index (χ3n) is 1.10. The monoisotopic (exact) mass is 149 g/mol. The highest BCUT2D eigenvalue weighted by molar-refractivity contribution is 5.80. The Bertz CT molecular complexity index is 214. The van der Waals surface area contributed by atoms with Crippen LogP contribution in [0.3, 0.4) is 0 Å². The minimum absolute atomic E-state index is 0.457. The second-order valence-electron chi connectivity index (χ2n) is 1.75. The summed E-state index contributed by atoms with van der Waals surface area (Å²) in [5, 5.41) is 0. The van der Waals surface area contributed by atoms with Gasteiger partial charge in [-0.3, -0.25) is 9.79 Å². The predicted octanol–water partition coefficient (Wildman–Crippen LogP) is 1.90. The second kappa shape index (κ2) is 5.35. The van der Waals surface area contributed by atoms with E-state index in [2.05, 4.69) is 18.2 Å². The SMILES string of the molecule is C=C/C(C=O)=C(/C=C)N=CC. The molecule has 11 heavy (non-hydrogen) atoms. The Morgan fingerprint density at radius 3 is 2.27 bits per heavy atom. The van der Waals surface area contributed by atoms with Crippen LogP contribution in [-0.2, 0) is 4.79 Å². The van der Waals surface area contributed by atoms with Crippen molar-refractivity contribution < 1.29 is 4.79 Å². The first kappa shape index (κ1) is 9.56. The molecule has 0 spiro atoms. The third kappa shape index (κ3) is 2.76. The lowest BCUT2D eigenvalue weighted by atomic mass is 10.2. The van der Waals surface area contributed by atoms with Crippen molar-refractivity contribution >= 4 is 12.5 Å². The van der Waals surface area contributed by atoms with Crippen LogP contribution in [0.25, 0.3) is 0 Å². The zero-order chi connectivity index (χ0) is 8.69. The van der Waals surface area contributed by atoms with E-state index in [1.165, 1.54) is 12.2 Å². The van der Waals surface area contributed by atoms with Gasteiger partial charge in [-0.05, 0) is 13.0 Å². The fraction of sp³-hybridized carbons (Fsp3) is 0.111. The van der Waals surface area contributed by atoms with Crippen LogP contribution in [0.4, 0.5) is 0 Å². The average molecular weight is 149 g/mol. The van der Waals surface area contributed by atoms with E-state index >= 15 is 0 Å². The standard InChI is InChI=1S/C9H11NO/c1-4-8(7-11)9(5-2)10-6-3/h4-7H,1-2H2,3H3/b9-8+,10-6?. The van der Waals surface area contributed by atoms with Crippen molar-refractivity contribution in [1.29, 1.82) is 0 Å². The van der Waals surface area contributed by atoms with Gasteiger partial charge < -0.3 is 0 Å². The van der Waals surface area contributed by atoms with Crippen molar-refractivity contribution in [2.45, 2.75) is 6.92 Å². The van der Waals surface area contributed by atoms with Gasteiger partial charge in [0.2, 0.25) is 0 Å². The molecule has 0 aromatic heterocycles. The van der Waals surface area contributed by atoms with Gasteiger partial charge in [0.25, 0.3) is 0 Å². The zero-order valence-corrected chi connectivity index (χ0v) is 6.58. The summed E-state index contributed by atoms with van der Waals surface area (Å²) in [4.78, 5) is 14.3. The van der Waals surface area contributed by atoms with Gasteiger partial charge in [-0.25, -0.2) is 0 Å².